The molecule has 8 nitrogen and oxygen atoms in total. The molecule has 1 N–H and O–H groups in total. The summed E-state index contributed by atoms with van der Waals surface area (Å²) in [6.07, 6.45) is 0.672. The highest BCUT2D eigenvalue weighted by Crippen LogP contribution is 2.38. The van der Waals surface area contributed by atoms with Crippen LogP contribution in [0.4, 0.5) is 9.18 Å². The molecule has 0 aliphatic carbocycles. The van der Waals surface area contributed by atoms with Gasteiger partial charge in [-0.15, -0.1) is 0 Å². The van der Waals surface area contributed by atoms with E-state index >= 15 is 0 Å². The summed E-state index contributed by atoms with van der Waals surface area (Å²) in [5.74, 6) is -0.0474. The van der Waals surface area contributed by atoms with Crippen LogP contribution < -0.4 is 14.8 Å². The van der Waals surface area contributed by atoms with Gasteiger partial charge in [0, 0.05) is 23.5 Å². The van der Waals surface area contributed by atoms with Gasteiger partial charge in [-0.3, -0.25) is 14.5 Å². The van der Waals surface area contributed by atoms with Crippen LogP contribution in [-0.4, -0.2) is 40.5 Å². The molecule has 5 rings (SSSR count). The highest BCUT2D eigenvalue weighted by Gasteiger charge is 2.50. The quantitative estimate of drug-likeness (QED) is 0.400. The molecule has 2 aliphatic rings. The Morgan fingerprint density at radius 2 is 1.78 bits per heavy atom. The lowest BCUT2D eigenvalue weighted by molar-refractivity contribution is -0.130. The Bertz CT molecular complexity index is 1380. The number of carbonyl (C=O) groups excluding carboxylic acids is 3. The van der Waals surface area contributed by atoms with Crippen LogP contribution in [0.3, 0.4) is 0 Å². The maximum Gasteiger partial charge on any atom is 0.325 e. The fourth-order valence-electron chi connectivity index (χ4n) is 4.79. The lowest BCUT2D eigenvalue weighted by Gasteiger charge is -2.22. The first-order valence-corrected chi connectivity index (χ1v) is 11.7. The number of aromatic nitrogens is 1. The minimum atomic E-state index is -1.33. The van der Waals surface area contributed by atoms with Crippen molar-refractivity contribution in [1.82, 2.24) is 14.8 Å². The summed E-state index contributed by atoms with van der Waals surface area (Å²) in [5, 5.41) is 2.72. The summed E-state index contributed by atoms with van der Waals surface area (Å²) in [6, 6.07) is 12.5. The van der Waals surface area contributed by atoms with Gasteiger partial charge in [0.05, 0.1) is 6.54 Å². The summed E-state index contributed by atoms with van der Waals surface area (Å²) in [7, 11) is 0. The monoisotopic (exact) mass is 491 g/mol. The van der Waals surface area contributed by atoms with Gasteiger partial charge in [-0.1, -0.05) is 18.2 Å². The third kappa shape index (κ3) is 4.00. The van der Waals surface area contributed by atoms with E-state index in [1.807, 2.05) is 18.4 Å². The number of benzene rings is 2. The number of hydrogen-bond acceptors (Lipinski definition) is 5. The van der Waals surface area contributed by atoms with Gasteiger partial charge in [-0.05, 0) is 68.7 Å². The van der Waals surface area contributed by atoms with Crippen molar-refractivity contribution in [2.75, 3.05) is 13.3 Å². The maximum absolute atomic E-state index is 13.3. The molecule has 1 fully saturated rings. The van der Waals surface area contributed by atoms with Crippen molar-refractivity contribution in [3.8, 4) is 11.5 Å². The summed E-state index contributed by atoms with van der Waals surface area (Å²) in [4.78, 5) is 40.3. The Morgan fingerprint density at radius 3 is 2.53 bits per heavy atom. The molecule has 0 radical (unpaired) electrons. The van der Waals surface area contributed by atoms with E-state index < -0.39 is 17.5 Å². The number of amides is 3. The van der Waals surface area contributed by atoms with Gasteiger partial charge < -0.3 is 19.4 Å². The summed E-state index contributed by atoms with van der Waals surface area (Å²) in [5.41, 5.74) is 2.30. The van der Waals surface area contributed by atoms with Crippen LogP contribution in [0.2, 0.25) is 0 Å². The van der Waals surface area contributed by atoms with Gasteiger partial charge in [-0.25, -0.2) is 9.18 Å². The average Bonchev–Trinajstić information content (AvgIpc) is 3.50. The topological polar surface area (TPSA) is 89.9 Å². The van der Waals surface area contributed by atoms with E-state index in [1.165, 1.54) is 12.1 Å². The lowest BCUT2D eigenvalue weighted by atomic mass is 9.91. The Balaban J connectivity index is 1.31. The second-order valence-corrected chi connectivity index (χ2v) is 9.25. The Labute approximate surface area is 207 Å². The van der Waals surface area contributed by atoms with Gasteiger partial charge in [0.15, 0.2) is 17.3 Å². The predicted octanol–water partition coefficient (Wildman–Crippen LogP) is 3.87. The molecule has 3 heterocycles. The number of aryl methyl sites for hydroxylation is 2. The number of Topliss-reactive ketones (excluding diaryl/α,β-unsaturated/α-hetero) is 1. The van der Waals surface area contributed by atoms with Crippen molar-refractivity contribution >= 4 is 17.7 Å². The zero-order valence-electron chi connectivity index (χ0n) is 20.3. The van der Waals surface area contributed by atoms with Crippen molar-refractivity contribution in [3.63, 3.8) is 0 Å². The Morgan fingerprint density at radius 1 is 1.06 bits per heavy atom. The Kier molecular flexibility index (Phi) is 5.78. The Hall–Kier alpha value is -4.14. The zero-order valence-corrected chi connectivity index (χ0v) is 20.3. The minimum absolute atomic E-state index is 0.0960. The number of fused-ring (bicyclic) bond motifs is 1. The van der Waals surface area contributed by atoms with Gasteiger partial charge in [0.2, 0.25) is 6.79 Å². The normalized spacial score (nSPS) is 18.6. The molecule has 1 aromatic heterocycles. The molecule has 1 saturated heterocycles. The molecule has 1 atom stereocenters. The molecule has 2 aromatic carbocycles. The number of hydrogen-bond donors (Lipinski definition) is 1. The lowest BCUT2D eigenvalue weighted by Crippen LogP contribution is -2.41. The number of ether oxygens (including phenoxy) is 2. The van der Waals surface area contributed by atoms with Crippen molar-refractivity contribution < 1.29 is 28.2 Å². The standard InChI is InChI=1S/C27H26FN3O5/c1-16-12-21(17(2)30(16)11-10-18-4-7-20(28)8-5-18)22(32)14-31-25(33)27(3,29-26(31)34)19-6-9-23-24(13-19)36-15-35-23/h4-9,12-13H,10-11,14-15H2,1-3H3,(H,29,34)/t27-/m1/s1. The van der Waals surface area contributed by atoms with Crippen molar-refractivity contribution in [2.45, 2.75) is 39.3 Å². The fraction of sp³-hybridized carbons (Fsp3) is 0.296. The summed E-state index contributed by atoms with van der Waals surface area (Å²) < 4.78 is 25.9. The first-order chi connectivity index (χ1) is 17.2. The second kappa shape index (κ2) is 8.82. The number of rotatable bonds is 7. The third-order valence-corrected chi connectivity index (χ3v) is 6.94. The van der Waals surface area contributed by atoms with Crippen molar-refractivity contribution in [1.29, 1.82) is 0 Å². The van der Waals surface area contributed by atoms with E-state index in [-0.39, 0.29) is 24.9 Å². The van der Waals surface area contributed by atoms with Crippen LogP contribution in [0.1, 0.15) is 39.8 Å². The molecule has 2 aliphatic heterocycles. The van der Waals surface area contributed by atoms with Crippen LogP contribution in [0.15, 0.2) is 48.5 Å². The van der Waals surface area contributed by atoms with E-state index in [0.717, 1.165) is 21.9 Å². The van der Waals surface area contributed by atoms with Crippen LogP contribution in [-0.2, 0) is 23.3 Å². The van der Waals surface area contributed by atoms with Crippen LogP contribution in [0.25, 0.3) is 0 Å². The predicted molar refractivity (Wildman–Crippen MR) is 129 cm³/mol. The first-order valence-electron chi connectivity index (χ1n) is 11.7. The van der Waals surface area contributed by atoms with Gasteiger partial charge in [-0.2, -0.15) is 0 Å². The maximum atomic E-state index is 13.3. The van der Waals surface area contributed by atoms with Gasteiger partial charge in [0.1, 0.15) is 11.4 Å². The van der Waals surface area contributed by atoms with Crippen molar-refractivity contribution in [3.05, 3.63) is 82.4 Å². The highest BCUT2D eigenvalue weighted by molar-refractivity contribution is 6.11. The summed E-state index contributed by atoms with van der Waals surface area (Å²) >= 11 is 0. The molecule has 186 valence electrons. The van der Waals surface area contributed by atoms with E-state index in [4.69, 9.17) is 9.47 Å². The number of nitrogens with one attached hydrogen (secondary N) is 1. The van der Waals surface area contributed by atoms with E-state index in [1.54, 1.807) is 43.3 Å². The van der Waals surface area contributed by atoms with Crippen molar-refractivity contribution in [2.24, 2.45) is 0 Å². The average molecular weight is 492 g/mol. The second-order valence-electron chi connectivity index (χ2n) is 9.25. The minimum Gasteiger partial charge on any atom is -0.454 e. The number of urea groups is 1. The fourth-order valence-corrected chi connectivity index (χ4v) is 4.79. The van der Waals surface area contributed by atoms with Crippen LogP contribution in [0.5, 0.6) is 11.5 Å². The SMILES string of the molecule is Cc1cc(C(=O)CN2C(=O)N[C@](C)(c3ccc4c(c3)OCO4)C2=O)c(C)n1CCc1ccc(F)cc1. The zero-order chi connectivity index (χ0) is 25.6. The van der Waals surface area contributed by atoms with E-state index in [2.05, 4.69) is 5.32 Å². The van der Waals surface area contributed by atoms with E-state index in [0.29, 0.717) is 35.6 Å². The molecule has 36 heavy (non-hydrogen) atoms. The van der Waals surface area contributed by atoms with Gasteiger partial charge in [0.25, 0.3) is 5.91 Å². The first kappa shape index (κ1) is 23.6. The molecule has 9 heteroatoms. The molecular formula is C27H26FN3O5. The third-order valence-electron chi connectivity index (χ3n) is 6.94. The number of carbonyl (C=O) groups is 3. The van der Waals surface area contributed by atoms with Gasteiger partial charge >= 0.3 is 6.03 Å². The molecule has 3 amide bonds. The molecule has 0 bridgehead atoms. The smallest absolute Gasteiger partial charge is 0.325 e. The van der Waals surface area contributed by atoms with E-state index in [9.17, 15) is 18.8 Å². The number of nitrogens with zero attached hydrogens (tertiary/aromatic N) is 2. The van der Waals surface area contributed by atoms with Crippen LogP contribution >= 0.6 is 0 Å². The highest BCUT2D eigenvalue weighted by atomic mass is 19.1. The number of ketones is 1. The molecule has 0 saturated carbocycles. The number of halogens is 1. The van der Waals surface area contributed by atoms with Crippen LogP contribution in [0, 0.1) is 19.7 Å². The molecular weight excluding hydrogens is 465 g/mol. The molecule has 0 spiro atoms. The summed E-state index contributed by atoms with van der Waals surface area (Å²) in [6.45, 7) is 5.69. The molecule has 3 aromatic rings. The largest absolute Gasteiger partial charge is 0.454 e. The molecule has 0 unspecified atom stereocenters. The number of imide groups is 1.